The monoisotopic (exact) mass is 395 g/mol. The van der Waals surface area contributed by atoms with Gasteiger partial charge in [-0.3, -0.25) is 4.79 Å². The van der Waals surface area contributed by atoms with E-state index in [4.69, 9.17) is 11.6 Å². The van der Waals surface area contributed by atoms with Gasteiger partial charge >= 0.3 is 0 Å². The number of halogens is 1. The van der Waals surface area contributed by atoms with Crippen molar-refractivity contribution in [1.29, 1.82) is 0 Å². The van der Waals surface area contributed by atoms with E-state index in [9.17, 15) is 14.5 Å². The molecular formula is C20H26ClNO3S. The number of benzene rings is 1. The molecule has 4 aliphatic carbocycles. The third-order valence-corrected chi connectivity index (χ3v) is 8.64. The van der Waals surface area contributed by atoms with Crippen LogP contribution in [0.5, 0.6) is 0 Å². The zero-order valence-electron chi connectivity index (χ0n) is 15.2. The van der Waals surface area contributed by atoms with Crippen LogP contribution < -0.4 is 5.32 Å². The first-order chi connectivity index (χ1) is 12.2. The van der Waals surface area contributed by atoms with Crippen molar-refractivity contribution in [2.75, 3.05) is 0 Å². The Kier molecular flexibility index (Phi) is 4.58. The standard InChI is InChI=1S/C20H26ClNO3S/c1-19(2,26(25)16-5-3-15(21)4-6-16)18(23)22-17-13-7-12-8-14(17)11-20(24,9-12)10-13/h3-6,12-14,17,24H,7-11H2,1-2H3,(H,22,23)/t12?,13-,14+,17+,20+,26?. The van der Waals surface area contributed by atoms with Gasteiger partial charge in [-0.15, -0.1) is 0 Å². The van der Waals surface area contributed by atoms with Crippen molar-refractivity contribution in [3.8, 4) is 0 Å². The molecule has 6 heteroatoms. The summed E-state index contributed by atoms with van der Waals surface area (Å²) in [6.45, 7) is 3.47. The van der Waals surface area contributed by atoms with E-state index in [0.717, 1.165) is 32.1 Å². The van der Waals surface area contributed by atoms with Gasteiger partial charge in [-0.25, -0.2) is 0 Å². The molecule has 4 fully saturated rings. The first-order valence-corrected chi connectivity index (χ1v) is 10.9. The molecule has 0 saturated heterocycles. The summed E-state index contributed by atoms with van der Waals surface area (Å²) in [7, 11) is 0. The Balaban J connectivity index is 1.48. The summed E-state index contributed by atoms with van der Waals surface area (Å²) >= 11 is 4.43. The van der Waals surface area contributed by atoms with Gasteiger partial charge in [0.1, 0.15) is 0 Å². The van der Waals surface area contributed by atoms with E-state index in [0.29, 0.717) is 27.7 Å². The van der Waals surface area contributed by atoms with Crippen LogP contribution in [0.4, 0.5) is 0 Å². The minimum Gasteiger partial charge on any atom is -0.611 e. The first kappa shape index (κ1) is 18.6. The van der Waals surface area contributed by atoms with Gasteiger partial charge < -0.3 is 15.0 Å². The largest absolute Gasteiger partial charge is 0.611 e. The lowest BCUT2D eigenvalue weighted by Gasteiger charge is -2.58. The minimum atomic E-state index is -1.47. The van der Waals surface area contributed by atoms with Gasteiger partial charge in [-0.1, -0.05) is 11.6 Å². The lowest BCUT2D eigenvalue weighted by Crippen LogP contribution is -2.63. The fourth-order valence-corrected chi connectivity index (χ4v) is 6.81. The zero-order chi connectivity index (χ0) is 18.7. The van der Waals surface area contributed by atoms with Gasteiger partial charge in [0.2, 0.25) is 4.75 Å². The van der Waals surface area contributed by atoms with Crippen LogP contribution in [-0.2, 0) is 16.0 Å². The van der Waals surface area contributed by atoms with Gasteiger partial charge in [-0.05, 0) is 88.0 Å². The SMILES string of the molecule is CC(C)(C(=O)N[C@H]1[C@@H]2CC3C[C@H]1C[C@](O)(C3)C2)[S+]([O-])c1ccc(Cl)cc1. The maximum Gasteiger partial charge on any atom is 0.276 e. The van der Waals surface area contributed by atoms with Gasteiger partial charge in [-0.2, -0.15) is 0 Å². The molecule has 2 N–H and O–H groups in total. The van der Waals surface area contributed by atoms with Gasteiger partial charge in [0.15, 0.2) is 4.90 Å². The second-order valence-electron chi connectivity index (χ2n) is 8.93. The van der Waals surface area contributed by atoms with Crippen molar-refractivity contribution in [3.63, 3.8) is 0 Å². The number of rotatable bonds is 4. The molecule has 4 bridgehead atoms. The Hall–Kier alpha value is -0.750. The number of carbonyl (C=O) groups excluding carboxylic acids is 1. The molecule has 1 aromatic carbocycles. The van der Waals surface area contributed by atoms with Crippen LogP contribution in [0.25, 0.3) is 0 Å². The Bertz CT molecular complexity index is 692. The maximum absolute atomic E-state index is 13.0. The van der Waals surface area contributed by atoms with Crippen LogP contribution in [0.3, 0.4) is 0 Å². The van der Waals surface area contributed by atoms with Crippen LogP contribution in [0.1, 0.15) is 46.0 Å². The molecule has 0 aliphatic heterocycles. The molecule has 1 aromatic rings. The molecule has 0 spiro atoms. The fourth-order valence-electron chi connectivity index (χ4n) is 5.48. The molecule has 6 atom stereocenters. The predicted molar refractivity (Wildman–Crippen MR) is 102 cm³/mol. The number of amides is 1. The second kappa shape index (κ2) is 6.40. The Morgan fingerprint density at radius 1 is 1.23 bits per heavy atom. The topological polar surface area (TPSA) is 72.4 Å². The molecule has 0 heterocycles. The number of nitrogens with one attached hydrogen (secondary N) is 1. The highest BCUT2D eigenvalue weighted by Gasteiger charge is 2.56. The molecule has 0 aromatic heterocycles. The van der Waals surface area contributed by atoms with Crippen LogP contribution in [0.2, 0.25) is 5.02 Å². The van der Waals surface area contributed by atoms with Crippen molar-refractivity contribution < 1.29 is 14.5 Å². The average molecular weight is 396 g/mol. The molecular weight excluding hydrogens is 370 g/mol. The summed E-state index contributed by atoms with van der Waals surface area (Å²) in [5, 5.41) is 14.5. The number of hydrogen-bond donors (Lipinski definition) is 2. The van der Waals surface area contributed by atoms with E-state index >= 15 is 0 Å². The average Bonchev–Trinajstić information content (AvgIpc) is 2.56. The Morgan fingerprint density at radius 3 is 2.35 bits per heavy atom. The molecule has 4 aliphatic rings. The summed E-state index contributed by atoms with van der Waals surface area (Å²) in [5.41, 5.74) is -0.515. The Labute approximate surface area is 162 Å². The molecule has 26 heavy (non-hydrogen) atoms. The molecule has 5 rings (SSSR count). The Morgan fingerprint density at radius 2 is 1.81 bits per heavy atom. The second-order valence-corrected chi connectivity index (χ2v) is 11.4. The van der Waals surface area contributed by atoms with E-state index in [1.165, 1.54) is 0 Å². The number of aliphatic hydroxyl groups is 1. The summed E-state index contributed by atoms with van der Waals surface area (Å²) in [4.78, 5) is 13.6. The van der Waals surface area contributed by atoms with E-state index in [1.54, 1.807) is 38.1 Å². The maximum atomic E-state index is 13.0. The lowest BCUT2D eigenvalue weighted by molar-refractivity contribution is -0.147. The van der Waals surface area contributed by atoms with Crippen molar-refractivity contribution in [2.45, 2.75) is 67.2 Å². The molecule has 4 nitrogen and oxygen atoms in total. The number of carbonyl (C=O) groups is 1. The highest BCUT2D eigenvalue weighted by Crippen LogP contribution is 2.55. The molecule has 0 radical (unpaired) electrons. The normalized spacial score (nSPS) is 36.8. The first-order valence-electron chi connectivity index (χ1n) is 9.39. The van der Waals surface area contributed by atoms with Crippen molar-refractivity contribution in [2.24, 2.45) is 17.8 Å². The fraction of sp³-hybridized carbons (Fsp3) is 0.650. The minimum absolute atomic E-state index is 0.0980. The van der Waals surface area contributed by atoms with E-state index < -0.39 is 21.5 Å². The summed E-state index contributed by atoms with van der Waals surface area (Å²) < 4.78 is 12.0. The molecule has 142 valence electrons. The predicted octanol–water partition coefficient (Wildman–Crippen LogP) is 3.28. The van der Waals surface area contributed by atoms with E-state index in [-0.39, 0.29) is 11.9 Å². The highest BCUT2D eigenvalue weighted by atomic mass is 35.5. The van der Waals surface area contributed by atoms with Gasteiger partial charge in [0.05, 0.1) is 5.60 Å². The van der Waals surface area contributed by atoms with Crippen LogP contribution in [-0.4, -0.2) is 32.0 Å². The smallest absolute Gasteiger partial charge is 0.276 e. The third-order valence-electron chi connectivity index (χ3n) is 6.58. The van der Waals surface area contributed by atoms with Gasteiger partial charge in [0.25, 0.3) is 5.91 Å². The lowest BCUT2D eigenvalue weighted by atomic mass is 9.52. The van der Waals surface area contributed by atoms with Crippen LogP contribution in [0, 0.1) is 17.8 Å². The summed E-state index contributed by atoms with van der Waals surface area (Å²) in [6.07, 6.45) is 4.67. The van der Waals surface area contributed by atoms with E-state index in [1.807, 2.05) is 0 Å². The van der Waals surface area contributed by atoms with Crippen molar-refractivity contribution >= 4 is 28.7 Å². The summed E-state index contributed by atoms with van der Waals surface area (Å²) in [6, 6.07) is 6.92. The quantitative estimate of drug-likeness (QED) is 0.768. The molecule has 2 unspecified atom stereocenters. The zero-order valence-corrected chi connectivity index (χ0v) is 16.8. The number of hydrogen-bond acceptors (Lipinski definition) is 3. The van der Waals surface area contributed by atoms with Crippen LogP contribution in [0.15, 0.2) is 29.2 Å². The van der Waals surface area contributed by atoms with Crippen LogP contribution >= 0.6 is 11.6 Å². The van der Waals surface area contributed by atoms with Crippen molar-refractivity contribution in [1.82, 2.24) is 5.32 Å². The molecule has 1 amide bonds. The molecule has 4 saturated carbocycles. The summed E-state index contributed by atoms with van der Waals surface area (Å²) in [5.74, 6) is 1.11. The van der Waals surface area contributed by atoms with Gasteiger partial charge in [0, 0.05) is 22.2 Å². The van der Waals surface area contributed by atoms with Crippen molar-refractivity contribution in [3.05, 3.63) is 29.3 Å². The third kappa shape index (κ3) is 3.17. The highest BCUT2D eigenvalue weighted by molar-refractivity contribution is 7.93. The van der Waals surface area contributed by atoms with E-state index in [2.05, 4.69) is 5.32 Å².